The first-order valence-electron chi connectivity index (χ1n) is 6.45. The van der Waals surface area contributed by atoms with Gasteiger partial charge in [-0.25, -0.2) is 0 Å². The summed E-state index contributed by atoms with van der Waals surface area (Å²) >= 11 is 0. The molecular formula is C15H17N3O. The van der Waals surface area contributed by atoms with E-state index in [2.05, 4.69) is 10.6 Å². The molecule has 1 aromatic carbocycles. The second kappa shape index (κ2) is 4.80. The Balaban J connectivity index is 1.66. The maximum atomic E-state index is 12.2. The highest BCUT2D eigenvalue weighted by Crippen LogP contribution is 2.30. The van der Waals surface area contributed by atoms with Crippen molar-refractivity contribution >= 4 is 11.6 Å². The molecule has 0 aliphatic carbocycles. The summed E-state index contributed by atoms with van der Waals surface area (Å²) in [5.41, 5.74) is 3.28. The standard InChI is InChI=1S/C15H17N3O/c1-18-7-6-11(10-18)8-17-15(19)13-9-16-14-5-3-2-4-12(13)14/h2-7,10,13,16H,8-9H2,1H3,(H,17,19). The van der Waals surface area contributed by atoms with Crippen molar-refractivity contribution in [2.45, 2.75) is 12.5 Å². The second-order valence-corrected chi connectivity index (χ2v) is 4.92. The topological polar surface area (TPSA) is 46.1 Å². The number of aromatic nitrogens is 1. The quantitative estimate of drug-likeness (QED) is 0.879. The van der Waals surface area contributed by atoms with Gasteiger partial charge in [-0.3, -0.25) is 4.79 Å². The zero-order valence-electron chi connectivity index (χ0n) is 10.9. The number of carbonyl (C=O) groups excluding carboxylic acids is 1. The molecule has 4 heteroatoms. The number of hydrogen-bond donors (Lipinski definition) is 2. The first-order valence-corrected chi connectivity index (χ1v) is 6.45. The minimum atomic E-state index is -0.0834. The van der Waals surface area contributed by atoms with Crippen LogP contribution in [0.1, 0.15) is 17.0 Å². The lowest BCUT2D eigenvalue weighted by Gasteiger charge is -2.10. The fraction of sp³-hybridized carbons (Fsp3) is 0.267. The van der Waals surface area contributed by atoms with Gasteiger partial charge in [0.05, 0.1) is 5.92 Å². The molecule has 0 saturated carbocycles. The number of nitrogens with one attached hydrogen (secondary N) is 2. The fourth-order valence-electron chi connectivity index (χ4n) is 2.50. The number of carbonyl (C=O) groups is 1. The number of rotatable bonds is 3. The summed E-state index contributed by atoms with van der Waals surface area (Å²) in [7, 11) is 1.97. The number of aryl methyl sites for hydroxylation is 1. The summed E-state index contributed by atoms with van der Waals surface area (Å²) in [6.07, 6.45) is 4.00. The van der Waals surface area contributed by atoms with Gasteiger partial charge in [-0.05, 0) is 23.3 Å². The fourth-order valence-corrected chi connectivity index (χ4v) is 2.50. The van der Waals surface area contributed by atoms with Gasteiger partial charge >= 0.3 is 0 Å². The van der Waals surface area contributed by atoms with Crippen molar-refractivity contribution in [1.29, 1.82) is 0 Å². The smallest absolute Gasteiger partial charge is 0.229 e. The number of para-hydroxylation sites is 1. The van der Waals surface area contributed by atoms with Gasteiger partial charge in [0.1, 0.15) is 0 Å². The van der Waals surface area contributed by atoms with Crippen LogP contribution in [0.4, 0.5) is 5.69 Å². The van der Waals surface area contributed by atoms with Gasteiger partial charge in [0.15, 0.2) is 0 Å². The summed E-state index contributed by atoms with van der Waals surface area (Å²) in [6.45, 7) is 1.26. The van der Waals surface area contributed by atoms with Gasteiger partial charge in [0.25, 0.3) is 0 Å². The molecule has 1 atom stereocenters. The Hall–Kier alpha value is -2.23. The Labute approximate surface area is 112 Å². The van der Waals surface area contributed by atoms with Crippen LogP contribution in [0.15, 0.2) is 42.7 Å². The van der Waals surface area contributed by atoms with Gasteiger partial charge in [-0.1, -0.05) is 18.2 Å². The summed E-state index contributed by atoms with van der Waals surface area (Å²) in [5, 5.41) is 6.27. The average Bonchev–Trinajstić information content (AvgIpc) is 3.02. The maximum Gasteiger partial charge on any atom is 0.229 e. The molecule has 0 radical (unpaired) electrons. The molecule has 2 heterocycles. The zero-order chi connectivity index (χ0) is 13.2. The van der Waals surface area contributed by atoms with Crippen molar-refractivity contribution in [2.75, 3.05) is 11.9 Å². The lowest BCUT2D eigenvalue weighted by molar-refractivity contribution is -0.122. The van der Waals surface area contributed by atoms with Crippen LogP contribution in [-0.2, 0) is 18.4 Å². The molecule has 2 aromatic rings. The third-order valence-electron chi connectivity index (χ3n) is 3.51. The predicted octanol–water partition coefficient (Wildman–Crippen LogP) is 1.85. The molecule has 0 fully saturated rings. The van der Waals surface area contributed by atoms with Gasteiger partial charge in [-0.15, -0.1) is 0 Å². The molecule has 1 amide bonds. The maximum absolute atomic E-state index is 12.2. The zero-order valence-corrected chi connectivity index (χ0v) is 10.9. The number of hydrogen-bond acceptors (Lipinski definition) is 2. The Morgan fingerprint density at radius 3 is 3.05 bits per heavy atom. The molecule has 3 rings (SSSR count). The van der Waals surface area contributed by atoms with Gasteiger partial charge < -0.3 is 15.2 Å². The molecule has 2 N–H and O–H groups in total. The van der Waals surface area contributed by atoms with E-state index in [0.717, 1.165) is 16.8 Å². The number of anilines is 1. The normalized spacial score (nSPS) is 16.8. The largest absolute Gasteiger partial charge is 0.384 e. The predicted molar refractivity (Wildman–Crippen MR) is 74.9 cm³/mol. The Morgan fingerprint density at radius 2 is 2.26 bits per heavy atom. The minimum absolute atomic E-state index is 0.0834. The van der Waals surface area contributed by atoms with E-state index in [9.17, 15) is 4.79 Å². The van der Waals surface area contributed by atoms with Crippen molar-refractivity contribution < 1.29 is 4.79 Å². The molecule has 1 aliphatic heterocycles. The van der Waals surface area contributed by atoms with Crippen LogP contribution in [0.2, 0.25) is 0 Å². The number of fused-ring (bicyclic) bond motifs is 1. The van der Waals surface area contributed by atoms with E-state index < -0.39 is 0 Å². The van der Waals surface area contributed by atoms with Crippen LogP contribution >= 0.6 is 0 Å². The van der Waals surface area contributed by atoms with E-state index >= 15 is 0 Å². The highest BCUT2D eigenvalue weighted by atomic mass is 16.1. The first-order chi connectivity index (χ1) is 9.24. The summed E-state index contributed by atoms with van der Waals surface area (Å²) < 4.78 is 1.98. The van der Waals surface area contributed by atoms with Crippen molar-refractivity contribution in [3.8, 4) is 0 Å². The Morgan fingerprint density at radius 1 is 1.42 bits per heavy atom. The van der Waals surface area contributed by atoms with E-state index in [0.29, 0.717) is 13.1 Å². The van der Waals surface area contributed by atoms with Gasteiger partial charge in [-0.2, -0.15) is 0 Å². The van der Waals surface area contributed by atoms with Crippen LogP contribution in [0.3, 0.4) is 0 Å². The SMILES string of the molecule is Cn1ccc(CNC(=O)C2CNc3ccccc32)c1. The van der Waals surface area contributed by atoms with Crippen LogP contribution in [0.25, 0.3) is 0 Å². The lowest BCUT2D eigenvalue weighted by atomic mass is 10.0. The molecule has 1 aliphatic rings. The summed E-state index contributed by atoms with van der Waals surface area (Å²) in [6, 6.07) is 10.0. The van der Waals surface area contributed by atoms with E-state index in [1.54, 1.807) is 0 Å². The molecule has 0 bridgehead atoms. The molecule has 0 saturated heterocycles. The van der Waals surface area contributed by atoms with Crippen molar-refractivity contribution in [1.82, 2.24) is 9.88 Å². The van der Waals surface area contributed by atoms with Crippen LogP contribution in [-0.4, -0.2) is 17.0 Å². The molecule has 19 heavy (non-hydrogen) atoms. The Bertz CT molecular complexity index is 603. The third kappa shape index (κ3) is 2.34. The monoisotopic (exact) mass is 255 g/mol. The molecule has 1 aromatic heterocycles. The number of nitrogens with zero attached hydrogens (tertiary/aromatic N) is 1. The second-order valence-electron chi connectivity index (χ2n) is 4.92. The van der Waals surface area contributed by atoms with Crippen LogP contribution < -0.4 is 10.6 Å². The molecule has 4 nitrogen and oxygen atoms in total. The highest BCUT2D eigenvalue weighted by molar-refractivity contribution is 5.88. The van der Waals surface area contributed by atoms with Crippen molar-refractivity contribution in [3.05, 3.63) is 53.9 Å². The van der Waals surface area contributed by atoms with E-state index in [1.807, 2.05) is 54.3 Å². The molecular weight excluding hydrogens is 238 g/mol. The third-order valence-corrected chi connectivity index (χ3v) is 3.51. The summed E-state index contributed by atoms with van der Waals surface area (Å²) in [5.74, 6) is 0.00113. The molecule has 1 unspecified atom stereocenters. The van der Waals surface area contributed by atoms with E-state index in [1.165, 1.54) is 0 Å². The van der Waals surface area contributed by atoms with E-state index in [4.69, 9.17) is 0 Å². The van der Waals surface area contributed by atoms with Crippen molar-refractivity contribution in [3.63, 3.8) is 0 Å². The van der Waals surface area contributed by atoms with Crippen LogP contribution in [0.5, 0.6) is 0 Å². The first kappa shape index (κ1) is 11.8. The minimum Gasteiger partial charge on any atom is -0.384 e. The van der Waals surface area contributed by atoms with Crippen molar-refractivity contribution in [2.24, 2.45) is 7.05 Å². The van der Waals surface area contributed by atoms with Gasteiger partial charge in [0, 0.05) is 38.2 Å². The average molecular weight is 255 g/mol. The van der Waals surface area contributed by atoms with E-state index in [-0.39, 0.29) is 11.8 Å². The number of benzene rings is 1. The highest BCUT2D eigenvalue weighted by Gasteiger charge is 2.27. The molecule has 98 valence electrons. The molecule has 0 spiro atoms. The summed E-state index contributed by atoms with van der Waals surface area (Å²) in [4.78, 5) is 12.2. The number of amides is 1. The Kier molecular flexibility index (Phi) is 2.99. The van der Waals surface area contributed by atoms with Gasteiger partial charge in [0.2, 0.25) is 5.91 Å². The van der Waals surface area contributed by atoms with Crippen LogP contribution in [0, 0.1) is 0 Å². The lowest BCUT2D eigenvalue weighted by Crippen LogP contribution is -2.29.